The summed E-state index contributed by atoms with van der Waals surface area (Å²) in [6.07, 6.45) is 1.64. The molecule has 1 nitrogen and oxygen atoms in total. The Morgan fingerprint density at radius 3 is 2.75 bits per heavy atom. The average Bonchev–Trinajstić information content (AvgIpc) is 2.12. The fourth-order valence-electron chi connectivity index (χ4n) is 0.521. The van der Waals surface area contributed by atoms with Crippen LogP contribution in [0.2, 0.25) is 0 Å². The molecule has 0 fully saturated rings. The molecule has 0 unspecified atom stereocenters. The minimum absolute atomic E-state index is 0.866. The van der Waals surface area contributed by atoms with Crippen LogP contribution in [0.15, 0.2) is 29.4 Å². The predicted octanol–water partition coefficient (Wildman–Crippen LogP) is 2.31. The maximum atomic E-state index is 5.00. The van der Waals surface area contributed by atoms with E-state index >= 15 is 0 Å². The highest BCUT2D eigenvalue weighted by Gasteiger charge is 1.90. The Kier molecular flexibility index (Phi) is 1.20. The molecular formula is C7H8O. The lowest BCUT2D eigenvalue weighted by molar-refractivity contribution is 0.553. The van der Waals surface area contributed by atoms with E-state index in [1.807, 2.05) is 19.1 Å². The van der Waals surface area contributed by atoms with Crippen LogP contribution < -0.4 is 0 Å². The van der Waals surface area contributed by atoms with Crippen LogP contribution in [0.5, 0.6) is 0 Å². The van der Waals surface area contributed by atoms with Gasteiger partial charge in [0, 0.05) is 0 Å². The Hall–Kier alpha value is -0.980. The molecule has 8 heavy (non-hydrogen) atoms. The van der Waals surface area contributed by atoms with Crippen LogP contribution in [0.1, 0.15) is 12.7 Å². The van der Waals surface area contributed by atoms with Crippen LogP contribution in [0.4, 0.5) is 0 Å². The number of hydrogen-bond donors (Lipinski definition) is 0. The quantitative estimate of drug-likeness (QED) is 0.538. The van der Waals surface area contributed by atoms with E-state index in [0.717, 1.165) is 11.3 Å². The summed E-state index contributed by atoms with van der Waals surface area (Å²) in [6.45, 7) is 5.62. The van der Waals surface area contributed by atoms with Crippen molar-refractivity contribution in [2.75, 3.05) is 0 Å². The van der Waals surface area contributed by atoms with E-state index in [0.29, 0.717) is 0 Å². The molecule has 0 spiro atoms. The van der Waals surface area contributed by atoms with Crippen molar-refractivity contribution in [3.05, 3.63) is 30.7 Å². The SMILES string of the molecule is C=C(C)c1ccco1. The van der Waals surface area contributed by atoms with Gasteiger partial charge >= 0.3 is 0 Å². The first-order valence-electron chi connectivity index (χ1n) is 2.50. The summed E-state index contributed by atoms with van der Waals surface area (Å²) in [5.41, 5.74) is 0.968. The van der Waals surface area contributed by atoms with Crippen LogP contribution >= 0.6 is 0 Å². The van der Waals surface area contributed by atoms with Crippen LogP contribution in [0.3, 0.4) is 0 Å². The van der Waals surface area contributed by atoms with Crippen molar-refractivity contribution in [2.24, 2.45) is 0 Å². The molecule has 0 aliphatic carbocycles. The smallest absolute Gasteiger partial charge is 0.128 e. The van der Waals surface area contributed by atoms with Gasteiger partial charge in [0.15, 0.2) is 0 Å². The largest absolute Gasteiger partial charge is 0.465 e. The molecule has 0 saturated heterocycles. The fourth-order valence-corrected chi connectivity index (χ4v) is 0.521. The first-order valence-corrected chi connectivity index (χ1v) is 2.50. The molecule has 0 N–H and O–H groups in total. The van der Waals surface area contributed by atoms with Gasteiger partial charge in [-0.15, -0.1) is 0 Å². The molecule has 0 aliphatic rings. The van der Waals surface area contributed by atoms with Gasteiger partial charge in [0.2, 0.25) is 0 Å². The van der Waals surface area contributed by atoms with Crippen LogP contribution in [0.25, 0.3) is 5.57 Å². The number of hydrogen-bond acceptors (Lipinski definition) is 1. The molecule has 0 atom stereocenters. The monoisotopic (exact) mass is 108 g/mol. The third-order valence-corrected chi connectivity index (χ3v) is 0.942. The number of allylic oxidation sites excluding steroid dienone is 1. The zero-order chi connectivity index (χ0) is 5.98. The number of rotatable bonds is 1. The number of furan rings is 1. The van der Waals surface area contributed by atoms with Crippen LogP contribution in [-0.2, 0) is 0 Å². The summed E-state index contributed by atoms with van der Waals surface area (Å²) in [6, 6.07) is 3.74. The lowest BCUT2D eigenvalue weighted by atomic mass is 10.3. The highest BCUT2D eigenvalue weighted by molar-refractivity contribution is 5.55. The molecule has 1 heterocycles. The van der Waals surface area contributed by atoms with E-state index in [4.69, 9.17) is 4.42 Å². The van der Waals surface area contributed by atoms with E-state index < -0.39 is 0 Å². The zero-order valence-corrected chi connectivity index (χ0v) is 4.85. The van der Waals surface area contributed by atoms with E-state index in [9.17, 15) is 0 Å². The maximum absolute atomic E-state index is 5.00. The molecule has 1 rings (SSSR count). The second kappa shape index (κ2) is 1.86. The third kappa shape index (κ3) is 0.808. The molecule has 0 aliphatic heterocycles. The first-order chi connectivity index (χ1) is 3.80. The normalized spacial score (nSPS) is 9.12. The summed E-state index contributed by atoms with van der Waals surface area (Å²) in [5, 5.41) is 0. The van der Waals surface area contributed by atoms with Crippen molar-refractivity contribution < 1.29 is 4.42 Å². The van der Waals surface area contributed by atoms with Crippen LogP contribution in [0, 0.1) is 0 Å². The summed E-state index contributed by atoms with van der Waals surface area (Å²) in [7, 11) is 0. The molecule has 42 valence electrons. The van der Waals surface area contributed by atoms with E-state index in [2.05, 4.69) is 6.58 Å². The van der Waals surface area contributed by atoms with Gasteiger partial charge in [-0.2, -0.15) is 0 Å². The first kappa shape index (κ1) is 5.16. The molecule has 1 aromatic heterocycles. The summed E-state index contributed by atoms with van der Waals surface area (Å²) < 4.78 is 5.00. The van der Waals surface area contributed by atoms with Gasteiger partial charge in [-0.05, 0) is 24.6 Å². The Balaban J connectivity index is 2.93. The van der Waals surface area contributed by atoms with Crippen molar-refractivity contribution in [3.8, 4) is 0 Å². The molecule has 0 bridgehead atoms. The second-order valence-electron chi connectivity index (χ2n) is 1.76. The van der Waals surface area contributed by atoms with Crippen molar-refractivity contribution in [3.63, 3.8) is 0 Å². The topological polar surface area (TPSA) is 13.1 Å². The minimum Gasteiger partial charge on any atom is -0.465 e. The molecule has 0 saturated carbocycles. The highest BCUT2D eigenvalue weighted by Crippen LogP contribution is 2.09. The van der Waals surface area contributed by atoms with E-state index in [-0.39, 0.29) is 0 Å². The summed E-state index contributed by atoms with van der Waals surface area (Å²) in [4.78, 5) is 0. The van der Waals surface area contributed by atoms with Gasteiger partial charge in [-0.25, -0.2) is 0 Å². The standard InChI is InChI=1S/C7H8O/c1-6(2)7-4-3-5-8-7/h3-5H,1H2,2H3. The zero-order valence-electron chi connectivity index (χ0n) is 4.85. The molecule has 1 heteroatoms. The van der Waals surface area contributed by atoms with Gasteiger partial charge in [-0.1, -0.05) is 6.58 Å². The Morgan fingerprint density at radius 2 is 2.50 bits per heavy atom. The second-order valence-corrected chi connectivity index (χ2v) is 1.76. The Bertz CT molecular complexity index is 172. The van der Waals surface area contributed by atoms with Crippen molar-refractivity contribution in [1.82, 2.24) is 0 Å². The van der Waals surface area contributed by atoms with Crippen molar-refractivity contribution in [1.29, 1.82) is 0 Å². The molecule has 0 aromatic carbocycles. The maximum Gasteiger partial charge on any atom is 0.128 e. The Morgan fingerprint density at radius 1 is 1.75 bits per heavy atom. The Labute approximate surface area is 48.6 Å². The fraction of sp³-hybridized carbons (Fsp3) is 0.143. The van der Waals surface area contributed by atoms with Crippen molar-refractivity contribution >= 4 is 5.57 Å². The average molecular weight is 108 g/mol. The van der Waals surface area contributed by atoms with Gasteiger partial charge in [-0.3, -0.25) is 0 Å². The summed E-state index contributed by atoms with van der Waals surface area (Å²) >= 11 is 0. The minimum atomic E-state index is 0.866. The summed E-state index contributed by atoms with van der Waals surface area (Å²) in [5.74, 6) is 0.866. The lowest BCUT2D eigenvalue weighted by Gasteiger charge is -1.86. The van der Waals surface area contributed by atoms with E-state index in [1.165, 1.54) is 0 Å². The van der Waals surface area contributed by atoms with Crippen molar-refractivity contribution in [2.45, 2.75) is 6.92 Å². The highest BCUT2D eigenvalue weighted by atomic mass is 16.3. The molecular weight excluding hydrogens is 100 g/mol. The van der Waals surface area contributed by atoms with E-state index in [1.54, 1.807) is 6.26 Å². The molecule has 1 aromatic rings. The van der Waals surface area contributed by atoms with Gasteiger partial charge in [0.25, 0.3) is 0 Å². The predicted molar refractivity (Wildman–Crippen MR) is 33.4 cm³/mol. The van der Waals surface area contributed by atoms with Gasteiger partial charge in [0.1, 0.15) is 5.76 Å². The van der Waals surface area contributed by atoms with Gasteiger partial charge < -0.3 is 4.42 Å². The molecule has 0 amide bonds. The van der Waals surface area contributed by atoms with Crippen LogP contribution in [-0.4, -0.2) is 0 Å². The van der Waals surface area contributed by atoms with Gasteiger partial charge in [0.05, 0.1) is 6.26 Å². The third-order valence-electron chi connectivity index (χ3n) is 0.942. The molecule has 0 radical (unpaired) electrons. The lowest BCUT2D eigenvalue weighted by Crippen LogP contribution is -1.65.